The number of esters is 1. The first-order chi connectivity index (χ1) is 13.7. The van der Waals surface area contributed by atoms with E-state index >= 15 is 0 Å². The molecule has 0 heterocycles. The van der Waals surface area contributed by atoms with E-state index in [0.29, 0.717) is 0 Å². The summed E-state index contributed by atoms with van der Waals surface area (Å²) in [6.07, 6.45) is 0. The number of halogens is 2. The Labute approximate surface area is 167 Å². The molecule has 1 N–H and O–H groups in total. The Kier molecular flexibility index (Phi) is 7.52. The molecule has 0 aliphatic rings. The minimum Gasteiger partial charge on any atom is -0.493 e. The van der Waals surface area contributed by atoms with Gasteiger partial charge in [-0.3, -0.25) is 4.79 Å². The fourth-order valence-electron chi connectivity index (χ4n) is 2.60. The van der Waals surface area contributed by atoms with E-state index in [9.17, 15) is 18.4 Å². The van der Waals surface area contributed by atoms with Crippen LogP contribution in [0.15, 0.2) is 36.4 Å². The number of ether oxygens (including phenoxy) is 3. The normalized spacial score (nSPS) is 11.7. The number of alkyl halides is 2. The van der Waals surface area contributed by atoms with Gasteiger partial charge in [0.05, 0.1) is 18.7 Å². The van der Waals surface area contributed by atoms with Crippen LogP contribution < -0.4 is 14.8 Å². The van der Waals surface area contributed by atoms with Crippen LogP contribution in [0.1, 0.15) is 40.0 Å². The van der Waals surface area contributed by atoms with Crippen molar-refractivity contribution in [2.45, 2.75) is 33.4 Å². The lowest BCUT2D eigenvalue weighted by molar-refractivity contribution is -0.124. The van der Waals surface area contributed by atoms with E-state index in [1.165, 1.54) is 25.3 Å². The summed E-state index contributed by atoms with van der Waals surface area (Å²) < 4.78 is 38.9. The number of methoxy groups -OCH3 is 1. The molecule has 6 nitrogen and oxygen atoms in total. The molecule has 0 spiro atoms. The van der Waals surface area contributed by atoms with Crippen molar-refractivity contribution in [2.75, 3.05) is 13.7 Å². The fraction of sp³-hybridized carbons (Fsp3) is 0.333. The number of nitrogens with one attached hydrogen (secondary N) is 1. The predicted octanol–water partition coefficient (Wildman–Crippen LogP) is 3.95. The smallest absolute Gasteiger partial charge is 0.387 e. The monoisotopic (exact) mass is 407 g/mol. The quantitative estimate of drug-likeness (QED) is 0.671. The molecule has 8 heteroatoms. The topological polar surface area (TPSA) is 73.9 Å². The molecule has 0 fully saturated rings. The van der Waals surface area contributed by atoms with E-state index in [1.54, 1.807) is 0 Å². The van der Waals surface area contributed by atoms with Crippen molar-refractivity contribution >= 4 is 11.9 Å². The molecule has 156 valence electrons. The van der Waals surface area contributed by atoms with E-state index in [-0.39, 0.29) is 23.1 Å². The highest BCUT2D eigenvalue weighted by molar-refractivity contribution is 5.92. The van der Waals surface area contributed by atoms with Gasteiger partial charge in [0.1, 0.15) is 0 Å². The van der Waals surface area contributed by atoms with Gasteiger partial charge in [-0.25, -0.2) is 4.79 Å². The summed E-state index contributed by atoms with van der Waals surface area (Å²) in [5.74, 6) is -1.51. The Morgan fingerprint density at radius 1 is 1.03 bits per heavy atom. The van der Waals surface area contributed by atoms with Gasteiger partial charge in [0.25, 0.3) is 5.91 Å². The zero-order valence-corrected chi connectivity index (χ0v) is 16.6. The third-order valence-electron chi connectivity index (χ3n) is 4.36. The maximum Gasteiger partial charge on any atom is 0.387 e. The average molecular weight is 407 g/mol. The highest BCUT2D eigenvalue weighted by atomic mass is 19.3. The number of rotatable bonds is 8. The van der Waals surface area contributed by atoms with E-state index in [2.05, 4.69) is 10.1 Å². The molecular formula is C21H23F2NO5. The molecule has 0 saturated carbocycles. The summed E-state index contributed by atoms with van der Waals surface area (Å²) in [5.41, 5.74) is 3.25. The Bertz CT molecular complexity index is 885. The Hall–Kier alpha value is -3.16. The maximum atomic E-state index is 12.4. The standard InChI is InChI=1S/C21H23F2NO5/c1-12-5-6-15(9-13(12)2)14(3)24-19(25)11-28-20(26)16-7-8-17(29-21(22)23)18(10-16)27-4/h5-10,14,21H,11H2,1-4H3,(H,24,25)/t14-/m0/s1. The minimum atomic E-state index is -3.02. The number of hydrogen-bond donors (Lipinski definition) is 1. The third-order valence-corrected chi connectivity index (χ3v) is 4.36. The van der Waals surface area contributed by atoms with Crippen LogP contribution in [0.3, 0.4) is 0 Å². The van der Waals surface area contributed by atoms with Crippen molar-refractivity contribution < 1.29 is 32.6 Å². The Morgan fingerprint density at radius 2 is 1.76 bits per heavy atom. The van der Waals surface area contributed by atoms with E-state index in [0.717, 1.165) is 16.7 Å². The van der Waals surface area contributed by atoms with Crippen molar-refractivity contribution in [1.29, 1.82) is 0 Å². The highest BCUT2D eigenvalue weighted by Crippen LogP contribution is 2.29. The van der Waals surface area contributed by atoms with Crippen molar-refractivity contribution in [3.63, 3.8) is 0 Å². The SMILES string of the molecule is COc1cc(C(=O)OCC(=O)N[C@@H](C)c2ccc(C)c(C)c2)ccc1OC(F)F. The summed E-state index contributed by atoms with van der Waals surface area (Å²) in [5, 5.41) is 2.76. The predicted molar refractivity (Wildman–Crippen MR) is 102 cm³/mol. The number of aryl methyl sites for hydroxylation is 2. The molecule has 1 atom stereocenters. The van der Waals surface area contributed by atoms with E-state index in [1.807, 2.05) is 39.0 Å². The minimum absolute atomic E-state index is 0.0403. The van der Waals surface area contributed by atoms with E-state index in [4.69, 9.17) is 9.47 Å². The number of carbonyl (C=O) groups excluding carboxylic acids is 2. The molecular weight excluding hydrogens is 384 g/mol. The molecule has 0 saturated heterocycles. The molecule has 2 aromatic rings. The Balaban J connectivity index is 1.94. The summed E-state index contributed by atoms with van der Waals surface area (Å²) in [7, 11) is 1.25. The molecule has 29 heavy (non-hydrogen) atoms. The lowest BCUT2D eigenvalue weighted by atomic mass is 10.0. The number of amides is 1. The second-order valence-electron chi connectivity index (χ2n) is 6.45. The zero-order valence-electron chi connectivity index (χ0n) is 16.6. The van der Waals surface area contributed by atoms with Gasteiger partial charge in [-0.2, -0.15) is 8.78 Å². The fourth-order valence-corrected chi connectivity index (χ4v) is 2.60. The molecule has 0 unspecified atom stereocenters. The summed E-state index contributed by atoms with van der Waals surface area (Å²) in [6.45, 7) is 2.32. The van der Waals surface area contributed by atoms with Crippen LogP contribution in [0.25, 0.3) is 0 Å². The summed E-state index contributed by atoms with van der Waals surface area (Å²) >= 11 is 0. The van der Waals surface area contributed by atoms with Crippen LogP contribution in [0, 0.1) is 13.8 Å². The lowest BCUT2D eigenvalue weighted by Crippen LogP contribution is -2.31. The first-order valence-corrected chi connectivity index (χ1v) is 8.87. The summed E-state index contributed by atoms with van der Waals surface area (Å²) in [4.78, 5) is 24.2. The molecule has 0 aliphatic heterocycles. The van der Waals surface area contributed by atoms with Gasteiger partial charge in [0.2, 0.25) is 0 Å². The molecule has 2 aromatic carbocycles. The van der Waals surface area contributed by atoms with Crippen molar-refractivity contribution in [3.8, 4) is 11.5 Å². The summed E-state index contributed by atoms with van der Waals surface area (Å²) in [6, 6.07) is 9.25. The van der Waals surface area contributed by atoms with Crippen LogP contribution in [-0.2, 0) is 9.53 Å². The second kappa shape index (κ2) is 9.86. The van der Waals surface area contributed by atoms with Crippen molar-refractivity contribution in [1.82, 2.24) is 5.32 Å². The molecule has 0 bridgehead atoms. The lowest BCUT2D eigenvalue weighted by Gasteiger charge is -2.16. The molecule has 0 aromatic heterocycles. The van der Waals surface area contributed by atoms with E-state index < -0.39 is 25.1 Å². The second-order valence-corrected chi connectivity index (χ2v) is 6.45. The van der Waals surface area contributed by atoms with Gasteiger partial charge in [0, 0.05) is 0 Å². The van der Waals surface area contributed by atoms with Crippen LogP contribution in [0.2, 0.25) is 0 Å². The van der Waals surface area contributed by atoms with Crippen LogP contribution in [0.4, 0.5) is 8.78 Å². The van der Waals surface area contributed by atoms with Gasteiger partial charge in [-0.15, -0.1) is 0 Å². The maximum absolute atomic E-state index is 12.4. The number of carbonyl (C=O) groups is 2. The molecule has 0 aliphatic carbocycles. The van der Waals surface area contributed by atoms with Crippen LogP contribution >= 0.6 is 0 Å². The van der Waals surface area contributed by atoms with Gasteiger partial charge in [0.15, 0.2) is 18.1 Å². The molecule has 0 radical (unpaired) electrons. The van der Waals surface area contributed by atoms with Crippen LogP contribution in [0.5, 0.6) is 11.5 Å². The van der Waals surface area contributed by atoms with Crippen molar-refractivity contribution in [2.24, 2.45) is 0 Å². The Morgan fingerprint density at radius 3 is 2.38 bits per heavy atom. The van der Waals surface area contributed by atoms with Crippen molar-refractivity contribution in [3.05, 3.63) is 58.7 Å². The largest absolute Gasteiger partial charge is 0.493 e. The van der Waals surface area contributed by atoms with Gasteiger partial charge >= 0.3 is 12.6 Å². The molecule has 1 amide bonds. The van der Waals surface area contributed by atoms with Gasteiger partial charge < -0.3 is 19.5 Å². The van der Waals surface area contributed by atoms with Gasteiger partial charge in [-0.05, 0) is 55.7 Å². The van der Waals surface area contributed by atoms with Crippen LogP contribution in [-0.4, -0.2) is 32.2 Å². The number of hydrogen-bond acceptors (Lipinski definition) is 5. The molecule has 2 rings (SSSR count). The highest BCUT2D eigenvalue weighted by Gasteiger charge is 2.17. The average Bonchev–Trinajstić information content (AvgIpc) is 2.68. The zero-order chi connectivity index (χ0) is 21.6. The number of benzene rings is 2. The third kappa shape index (κ3) is 6.17. The first kappa shape index (κ1) is 22.1. The first-order valence-electron chi connectivity index (χ1n) is 8.87. The van der Waals surface area contributed by atoms with Gasteiger partial charge in [-0.1, -0.05) is 18.2 Å².